The molecule has 0 aromatic heterocycles. The van der Waals surface area contributed by atoms with E-state index in [2.05, 4.69) is 55.3 Å². The second kappa shape index (κ2) is 8.30. The van der Waals surface area contributed by atoms with Crippen molar-refractivity contribution in [2.75, 3.05) is 19.6 Å². The summed E-state index contributed by atoms with van der Waals surface area (Å²) in [6, 6.07) is 10.6. The molecule has 1 saturated heterocycles. The fourth-order valence-corrected chi connectivity index (χ4v) is 3.04. The SMILES string of the molecule is C[C@@H](CCc1ccccc1)NC(=O)CN1C[C@H](C)O[C@@H](C)C1. The number of ether oxygens (including phenoxy) is 1. The highest BCUT2D eigenvalue weighted by Crippen LogP contribution is 2.10. The molecule has 3 atom stereocenters. The van der Waals surface area contributed by atoms with E-state index >= 15 is 0 Å². The van der Waals surface area contributed by atoms with Crippen molar-refractivity contribution in [2.45, 2.75) is 51.9 Å². The monoisotopic (exact) mass is 304 g/mol. The Hall–Kier alpha value is -1.39. The first kappa shape index (κ1) is 17.0. The first-order chi connectivity index (χ1) is 10.5. The third-order valence-corrected chi connectivity index (χ3v) is 3.98. The van der Waals surface area contributed by atoms with Gasteiger partial charge in [0.05, 0.1) is 18.8 Å². The van der Waals surface area contributed by atoms with Crippen LogP contribution in [0, 0.1) is 0 Å². The average molecular weight is 304 g/mol. The fraction of sp³-hybridized carbons (Fsp3) is 0.611. The number of benzene rings is 1. The second-order valence-electron chi connectivity index (χ2n) is 6.44. The summed E-state index contributed by atoms with van der Waals surface area (Å²) < 4.78 is 5.69. The third kappa shape index (κ3) is 5.78. The minimum atomic E-state index is 0.113. The Morgan fingerprint density at radius 1 is 1.27 bits per heavy atom. The van der Waals surface area contributed by atoms with E-state index in [0.717, 1.165) is 25.9 Å². The quantitative estimate of drug-likeness (QED) is 0.876. The van der Waals surface area contributed by atoms with Crippen molar-refractivity contribution in [1.29, 1.82) is 0 Å². The largest absolute Gasteiger partial charge is 0.373 e. The number of amides is 1. The van der Waals surface area contributed by atoms with Crippen LogP contribution in [0.5, 0.6) is 0 Å². The molecular formula is C18H28N2O2. The van der Waals surface area contributed by atoms with Gasteiger partial charge < -0.3 is 10.1 Å². The summed E-state index contributed by atoms with van der Waals surface area (Å²) in [7, 11) is 0. The van der Waals surface area contributed by atoms with E-state index in [0.29, 0.717) is 6.54 Å². The molecule has 4 heteroatoms. The normalized spacial score (nSPS) is 24.0. The second-order valence-corrected chi connectivity index (χ2v) is 6.44. The number of carbonyl (C=O) groups is 1. The maximum atomic E-state index is 12.2. The first-order valence-corrected chi connectivity index (χ1v) is 8.24. The number of nitrogens with one attached hydrogen (secondary N) is 1. The van der Waals surface area contributed by atoms with Gasteiger partial charge in [-0.1, -0.05) is 30.3 Å². The zero-order valence-electron chi connectivity index (χ0n) is 13.9. The fourth-order valence-electron chi connectivity index (χ4n) is 3.04. The van der Waals surface area contributed by atoms with Crippen LogP contribution in [-0.4, -0.2) is 48.7 Å². The molecule has 1 aliphatic rings. The van der Waals surface area contributed by atoms with Gasteiger partial charge in [0.15, 0.2) is 0 Å². The van der Waals surface area contributed by atoms with Crippen molar-refractivity contribution in [2.24, 2.45) is 0 Å². The van der Waals surface area contributed by atoms with Gasteiger partial charge in [-0.15, -0.1) is 0 Å². The minimum Gasteiger partial charge on any atom is -0.373 e. The van der Waals surface area contributed by atoms with Crippen molar-refractivity contribution in [3.8, 4) is 0 Å². The van der Waals surface area contributed by atoms with E-state index in [9.17, 15) is 4.79 Å². The summed E-state index contributed by atoms with van der Waals surface area (Å²) in [6.45, 7) is 8.32. The lowest BCUT2D eigenvalue weighted by Crippen LogP contribution is -2.50. The molecule has 22 heavy (non-hydrogen) atoms. The predicted octanol–water partition coefficient (Wildman–Crippen LogP) is 2.23. The van der Waals surface area contributed by atoms with Gasteiger partial charge in [-0.25, -0.2) is 0 Å². The van der Waals surface area contributed by atoms with Gasteiger partial charge in [-0.3, -0.25) is 9.69 Å². The molecule has 1 aliphatic heterocycles. The molecule has 122 valence electrons. The van der Waals surface area contributed by atoms with E-state index < -0.39 is 0 Å². The zero-order valence-corrected chi connectivity index (χ0v) is 13.9. The molecule has 0 radical (unpaired) electrons. The van der Waals surface area contributed by atoms with Gasteiger partial charge in [0, 0.05) is 19.1 Å². The summed E-state index contributed by atoms with van der Waals surface area (Å²) in [5.74, 6) is 0.113. The molecular weight excluding hydrogens is 276 g/mol. The Kier molecular flexibility index (Phi) is 6.40. The molecule has 0 aliphatic carbocycles. The molecule has 1 aromatic carbocycles. The van der Waals surface area contributed by atoms with Crippen molar-refractivity contribution < 1.29 is 9.53 Å². The van der Waals surface area contributed by atoms with Crippen molar-refractivity contribution >= 4 is 5.91 Å². The van der Waals surface area contributed by atoms with Crippen molar-refractivity contribution in [1.82, 2.24) is 10.2 Å². The molecule has 1 heterocycles. The van der Waals surface area contributed by atoms with Gasteiger partial charge in [-0.05, 0) is 39.2 Å². The number of hydrogen-bond donors (Lipinski definition) is 1. The highest BCUT2D eigenvalue weighted by atomic mass is 16.5. The Balaban J connectivity index is 1.69. The van der Waals surface area contributed by atoms with Crippen LogP contribution in [0.2, 0.25) is 0 Å². The Labute approximate surface area is 133 Å². The Morgan fingerprint density at radius 3 is 2.55 bits per heavy atom. The highest BCUT2D eigenvalue weighted by Gasteiger charge is 2.23. The lowest BCUT2D eigenvalue weighted by Gasteiger charge is -2.35. The molecule has 0 spiro atoms. The lowest BCUT2D eigenvalue weighted by molar-refractivity contribution is -0.126. The van der Waals surface area contributed by atoms with Crippen LogP contribution in [0.3, 0.4) is 0 Å². The molecule has 1 N–H and O–H groups in total. The van der Waals surface area contributed by atoms with Crippen LogP contribution >= 0.6 is 0 Å². The number of hydrogen-bond acceptors (Lipinski definition) is 3. The first-order valence-electron chi connectivity index (χ1n) is 8.24. The molecule has 0 bridgehead atoms. The zero-order chi connectivity index (χ0) is 15.9. The van der Waals surface area contributed by atoms with Gasteiger partial charge >= 0.3 is 0 Å². The number of nitrogens with zero attached hydrogens (tertiary/aromatic N) is 1. The standard InChI is InChI=1S/C18H28N2O2/c1-14(9-10-17-7-5-4-6-8-17)19-18(21)13-20-11-15(2)22-16(3)12-20/h4-8,14-16H,9-13H2,1-3H3,(H,19,21)/t14-,15-,16-/m0/s1. The van der Waals surface area contributed by atoms with Crippen LogP contribution in [0.4, 0.5) is 0 Å². The summed E-state index contributed by atoms with van der Waals surface area (Å²) >= 11 is 0. The lowest BCUT2D eigenvalue weighted by atomic mass is 10.1. The van der Waals surface area contributed by atoms with Crippen LogP contribution in [-0.2, 0) is 16.0 Å². The third-order valence-electron chi connectivity index (χ3n) is 3.98. The van der Waals surface area contributed by atoms with Gasteiger partial charge in [0.25, 0.3) is 0 Å². The van der Waals surface area contributed by atoms with E-state index in [1.54, 1.807) is 0 Å². The van der Waals surface area contributed by atoms with Crippen molar-refractivity contribution in [3.63, 3.8) is 0 Å². The Bertz CT molecular complexity index is 453. The molecule has 1 fully saturated rings. The molecule has 1 aromatic rings. The van der Waals surface area contributed by atoms with E-state index in [-0.39, 0.29) is 24.2 Å². The van der Waals surface area contributed by atoms with Crippen LogP contribution in [0.25, 0.3) is 0 Å². The predicted molar refractivity (Wildman–Crippen MR) is 88.8 cm³/mol. The summed E-state index contributed by atoms with van der Waals surface area (Å²) in [5.41, 5.74) is 1.32. The maximum absolute atomic E-state index is 12.2. The van der Waals surface area contributed by atoms with Crippen molar-refractivity contribution in [3.05, 3.63) is 35.9 Å². The van der Waals surface area contributed by atoms with Gasteiger partial charge in [-0.2, -0.15) is 0 Å². The average Bonchev–Trinajstić information content (AvgIpc) is 2.45. The van der Waals surface area contributed by atoms with E-state index in [1.807, 2.05) is 6.07 Å². The summed E-state index contributed by atoms with van der Waals surface area (Å²) in [5, 5.41) is 3.11. The minimum absolute atomic E-state index is 0.113. The molecule has 0 saturated carbocycles. The topological polar surface area (TPSA) is 41.6 Å². The van der Waals surface area contributed by atoms with Gasteiger partial charge in [0.1, 0.15) is 0 Å². The molecule has 2 rings (SSSR count). The van der Waals surface area contributed by atoms with Crippen LogP contribution < -0.4 is 5.32 Å². The van der Waals surface area contributed by atoms with E-state index in [4.69, 9.17) is 4.74 Å². The van der Waals surface area contributed by atoms with Gasteiger partial charge in [0.2, 0.25) is 5.91 Å². The number of aryl methyl sites for hydroxylation is 1. The van der Waals surface area contributed by atoms with E-state index in [1.165, 1.54) is 5.56 Å². The van der Waals surface area contributed by atoms with Crippen LogP contribution in [0.1, 0.15) is 32.8 Å². The smallest absolute Gasteiger partial charge is 0.234 e. The Morgan fingerprint density at radius 2 is 1.91 bits per heavy atom. The molecule has 4 nitrogen and oxygen atoms in total. The van der Waals surface area contributed by atoms with Crippen LogP contribution in [0.15, 0.2) is 30.3 Å². The molecule has 0 unspecified atom stereocenters. The highest BCUT2D eigenvalue weighted by molar-refractivity contribution is 5.78. The number of carbonyl (C=O) groups excluding carboxylic acids is 1. The summed E-state index contributed by atoms with van der Waals surface area (Å²) in [4.78, 5) is 14.3. The maximum Gasteiger partial charge on any atom is 0.234 e. The number of rotatable bonds is 6. The number of morpholine rings is 1. The molecule has 1 amide bonds. The summed E-state index contributed by atoms with van der Waals surface area (Å²) in [6.07, 6.45) is 2.36.